The molecule has 2 N–H and O–H groups in total. The van der Waals surface area contributed by atoms with Gasteiger partial charge in [-0.1, -0.05) is 25.5 Å². The van der Waals surface area contributed by atoms with Crippen LogP contribution < -0.4 is 14.9 Å². The molecule has 2 aromatic rings. The molecule has 0 spiro atoms. The van der Waals surface area contributed by atoms with E-state index in [0.717, 1.165) is 12.8 Å². The Bertz CT molecular complexity index is 791. The minimum atomic E-state index is -0.369. The van der Waals surface area contributed by atoms with Gasteiger partial charge in [-0.2, -0.15) is 5.10 Å². The molecule has 0 saturated carbocycles. The van der Waals surface area contributed by atoms with Gasteiger partial charge in [0.1, 0.15) is 5.75 Å². The minimum Gasteiger partial charge on any atom is -0.503 e. The number of amides is 1. The average molecular weight is 435 g/mol. The van der Waals surface area contributed by atoms with Crippen molar-refractivity contribution in [3.63, 3.8) is 0 Å². The molecule has 0 aliphatic carbocycles. The standard InChI is InChI=1S/C20H23BrN2O4/c1-3-5-14-6-8-16(9-7-14)27-13-19(24)23-22-12-15-10-17(21)20(25)18(11-15)26-4-2/h6-12,25H,3-5,13H2,1-2H3,(H,23,24)/b22-12+. The van der Waals surface area contributed by atoms with Gasteiger partial charge in [-0.3, -0.25) is 4.79 Å². The Morgan fingerprint density at radius 1 is 1.22 bits per heavy atom. The van der Waals surface area contributed by atoms with Gasteiger partial charge in [0.15, 0.2) is 18.1 Å². The van der Waals surface area contributed by atoms with E-state index < -0.39 is 0 Å². The molecule has 2 aromatic carbocycles. The Labute approximate surface area is 167 Å². The highest BCUT2D eigenvalue weighted by Gasteiger charge is 2.08. The van der Waals surface area contributed by atoms with Gasteiger partial charge in [0.2, 0.25) is 0 Å². The first-order valence-corrected chi connectivity index (χ1v) is 9.51. The van der Waals surface area contributed by atoms with E-state index in [9.17, 15) is 9.90 Å². The lowest BCUT2D eigenvalue weighted by atomic mass is 10.1. The maximum Gasteiger partial charge on any atom is 0.277 e. The molecule has 0 radical (unpaired) electrons. The van der Waals surface area contributed by atoms with Crippen LogP contribution in [0, 0.1) is 0 Å². The molecule has 6 nitrogen and oxygen atoms in total. The van der Waals surface area contributed by atoms with Crippen LogP contribution in [-0.2, 0) is 11.2 Å². The Kier molecular flexibility index (Phi) is 8.13. The summed E-state index contributed by atoms with van der Waals surface area (Å²) < 4.78 is 11.3. The molecule has 0 aromatic heterocycles. The van der Waals surface area contributed by atoms with Gasteiger partial charge in [-0.25, -0.2) is 5.43 Å². The summed E-state index contributed by atoms with van der Waals surface area (Å²) in [5, 5.41) is 13.8. The van der Waals surface area contributed by atoms with Crippen LogP contribution in [0.2, 0.25) is 0 Å². The van der Waals surface area contributed by atoms with Gasteiger partial charge < -0.3 is 14.6 Å². The summed E-state index contributed by atoms with van der Waals surface area (Å²) in [5.41, 5.74) is 4.31. The minimum absolute atomic E-state index is 0.0244. The molecular weight excluding hydrogens is 412 g/mol. The van der Waals surface area contributed by atoms with Gasteiger partial charge in [0, 0.05) is 0 Å². The van der Waals surface area contributed by atoms with E-state index in [1.54, 1.807) is 12.1 Å². The number of aryl methyl sites for hydroxylation is 1. The van der Waals surface area contributed by atoms with Crippen molar-refractivity contribution >= 4 is 28.1 Å². The normalized spacial score (nSPS) is 10.8. The van der Waals surface area contributed by atoms with Crippen LogP contribution in [0.15, 0.2) is 46.0 Å². The third kappa shape index (κ3) is 6.60. The predicted molar refractivity (Wildman–Crippen MR) is 109 cm³/mol. The molecule has 0 heterocycles. The molecule has 0 atom stereocenters. The number of hydrazone groups is 1. The summed E-state index contributed by atoms with van der Waals surface area (Å²) in [4.78, 5) is 11.8. The molecule has 0 fully saturated rings. The lowest BCUT2D eigenvalue weighted by Gasteiger charge is -2.08. The fraction of sp³-hybridized carbons (Fsp3) is 0.300. The van der Waals surface area contributed by atoms with Crippen molar-refractivity contribution in [2.75, 3.05) is 13.2 Å². The first-order chi connectivity index (χ1) is 13.0. The number of hydrogen-bond donors (Lipinski definition) is 2. The van der Waals surface area contributed by atoms with Crippen molar-refractivity contribution in [1.29, 1.82) is 0 Å². The zero-order valence-corrected chi connectivity index (χ0v) is 17.0. The number of hydrogen-bond acceptors (Lipinski definition) is 5. The molecule has 27 heavy (non-hydrogen) atoms. The van der Waals surface area contributed by atoms with Crippen LogP contribution in [0.1, 0.15) is 31.4 Å². The van der Waals surface area contributed by atoms with Crippen LogP contribution >= 0.6 is 15.9 Å². The summed E-state index contributed by atoms with van der Waals surface area (Å²) in [6, 6.07) is 11.0. The lowest BCUT2D eigenvalue weighted by Crippen LogP contribution is -2.24. The van der Waals surface area contributed by atoms with E-state index in [-0.39, 0.29) is 18.3 Å². The maximum absolute atomic E-state index is 11.8. The number of benzene rings is 2. The quantitative estimate of drug-likeness (QED) is 0.460. The molecule has 144 valence electrons. The highest BCUT2D eigenvalue weighted by atomic mass is 79.9. The second kappa shape index (κ2) is 10.6. The zero-order valence-electron chi connectivity index (χ0n) is 15.4. The number of nitrogens with one attached hydrogen (secondary N) is 1. The molecular formula is C20H23BrN2O4. The van der Waals surface area contributed by atoms with E-state index >= 15 is 0 Å². The Morgan fingerprint density at radius 3 is 2.63 bits per heavy atom. The van der Waals surface area contributed by atoms with Crippen molar-refractivity contribution in [1.82, 2.24) is 5.43 Å². The molecule has 0 saturated heterocycles. The van der Waals surface area contributed by atoms with Gasteiger partial charge >= 0.3 is 0 Å². The molecule has 7 heteroatoms. The third-order valence-corrected chi connectivity index (χ3v) is 4.19. The number of aromatic hydroxyl groups is 1. The number of nitrogens with zero attached hydrogens (tertiary/aromatic N) is 1. The van der Waals surface area contributed by atoms with Crippen LogP contribution in [0.25, 0.3) is 0 Å². The van der Waals surface area contributed by atoms with E-state index in [2.05, 4.69) is 33.4 Å². The molecule has 0 bridgehead atoms. The summed E-state index contributed by atoms with van der Waals surface area (Å²) in [6.07, 6.45) is 3.57. The van der Waals surface area contributed by atoms with Crippen LogP contribution in [-0.4, -0.2) is 30.4 Å². The van der Waals surface area contributed by atoms with Gasteiger partial charge in [0.25, 0.3) is 5.91 Å². The molecule has 2 rings (SSSR count). The Morgan fingerprint density at radius 2 is 1.96 bits per heavy atom. The van der Waals surface area contributed by atoms with E-state index in [1.165, 1.54) is 11.8 Å². The summed E-state index contributed by atoms with van der Waals surface area (Å²) in [5.74, 6) is 0.635. The molecule has 0 aliphatic heterocycles. The van der Waals surface area contributed by atoms with Crippen LogP contribution in [0.4, 0.5) is 0 Å². The van der Waals surface area contributed by atoms with Crippen molar-refractivity contribution < 1.29 is 19.4 Å². The lowest BCUT2D eigenvalue weighted by molar-refractivity contribution is -0.123. The third-order valence-electron chi connectivity index (χ3n) is 3.59. The zero-order chi connectivity index (χ0) is 19.6. The van der Waals surface area contributed by atoms with Gasteiger partial charge in [0.05, 0.1) is 17.3 Å². The predicted octanol–water partition coefficient (Wildman–Crippen LogP) is 4.04. The van der Waals surface area contributed by atoms with Crippen molar-refractivity contribution in [2.45, 2.75) is 26.7 Å². The number of rotatable bonds is 9. The molecule has 0 aliphatic rings. The van der Waals surface area contributed by atoms with Gasteiger partial charge in [-0.15, -0.1) is 0 Å². The van der Waals surface area contributed by atoms with E-state index in [4.69, 9.17) is 9.47 Å². The van der Waals surface area contributed by atoms with Gasteiger partial charge in [-0.05, 0) is 64.7 Å². The second-order valence-corrected chi connectivity index (χ2v) is 6.61. The van der Waals surface area contributed by atoms with E-state index in [1.807, 2.05) is 31.2 Å². The fourth-order valence-electron chi connectivity index (χ4n) is 2.33. The highest BCUT2D eigenvalue weighted by molar-refractivity contribution is 9.10. The summed E-state index contributed by atoms with van der Waals surface area (Å²) >= 11 is 3.25. The van der Waals surface area contributed by atoms with Crippen molar-refractivity contribution in [2.24, 2.45) is 5.10 Å². The van der Waals surface area contributed by atoms with Crippen molar-refractivity contribution in [3.05, 3.63) is 52.0 Å². The number of carbonyl (C=O) groups is 1. The largest absolute Gasteiger partial charge is 0.503 e. The number of phenols is 1. The second-order valence-electron chi connectivity index (χ2n) is 5.76. The number of ether oxygens (including phenoxy) is 2. The number of phenolic OH excluding ortho intramolecular Hbond substituents is 1. The van der Waals surface area contributed by atoms with E-state index in [0.29, 0.717) is 28.1 Å². The Hall–Kier alpha value is -2.54. The summed E-state index contributed by atoms with van der Waals surface area (Å²) in [7, 11) is 0. The maximum atomic E-state index is 11.8. The average Bonchev–Trinajstić information content (AvgIpc) is 2.65. The first kappa shape index (κ1) is 20.8. The monoisotopic (exact) mass is 434 g/mol. The Balaban J connectivity index is 1.86. The number of halogens is 1. The number of carbonyl (C=O) groups excluding carboxylic acids is 1. The first-order valence-electron chi connectivity index (χ1n) is 8.72. The van der Waals surface area contributed by atoms with Crippen LogP contribution in [0.5, 0.6) is 17.2 Å². The smallest absolute Gasteiger partial charge is 0.277 e. The SMILES string of the molecule is CCCc1ccc(OCC(=O)N/N=C/c2cc(Br)c(O)c(OCC)c2)cc1. The van der Waals surface area contributed by atoms with Crippen molar-refractivity contribution in [3.8, 4) is 17.2 Å². The molecule has 1 amide bonds. The molecule has 0 unspecified atom stereocenters. The fourth-order valence-corrected chi connectivity index (χ4v) is 2.79. The van der Waals surface area contributed by atoms with Crippen LogP contribution in [0.3, 0.4) is 0 Å². The highest BCUT2D eigenvalue weighted by Crippen LogP contribution is 2.35. The summed E-state index contributed by atoms with van der Waals surface area (Å²) in [6.45, 7) is 4.25. The topological polar surface area (TPSA) is 80.2 Å².